The van der Waals surface area contributed by atoms with Gasteiger partial charge in [0.25, 0.3) is 0 Å². The summed E-state index contributed by atoms with van der Waals surface area (Å²) in [5.74, 6) is 0. The van der Waals surface area contributed by atoms with E-state index in [1.807, 2.05) is 7.11 Å². The second kappa shape index (κ2) is 6.99. The fourth-order valence-corrected chi connectivity index (χ4v) is 11.8. The van der Waals surface area contributed by atoms with Crippen LogP contribution in [-0.2, 0) is 4.52 Å². The van der Waals surface area contributed by atoms with Crippen LogP contribution < -0.4 is 15.9 Å². The number of benzene rings is 3. The van der Waals surface area contributed by atoms with Crippen molar-refractivity contribution in [2.24, 2.45) is 0 Å². The summed E-state index contributed by atoms with van der Waals surface area (Å²) in [6.07, 6.45) is 5.03. The molecule has 3 aromatic carbocycles. The maximum absolute atomic E-state index is 6.90. The van der Waals surface area contributed by atoms with Gasteiger partial charge in [0.15, 0.2) is 0 Å². The molecule has 2 heteroatoms. The first kappa shape index (κ1) is 17.5. The van der Waals surface area contributed by atoms with Gasteiger partial charge < -0.3 is 0 Å². The van der Waals surface area contributed by atoms with Crippen molar-refractivity contribution < 1.29 is 4.52 Å². The van der Waals surface area contributed by atoms with Crippen LogP contribution in [0.1, 0.15) is 25.7 Å². The molecule has 0 aromatic heterocycles. The second-order valence-corrected chi connectivity index (χ2v) is 12.1. The van der Waals surface area contributed by atoms with Gasteiger partial charge >= 0.3 is 157 Å². The first-order valence-corrected chi connectivity index (χ1v) is 11.8. The van der Waals surface area contributed by atoms with Gasteiger partial charge in [-0.25, -0.2) is 0 Å². The van der Waals surface area contributed by atoms with Gasteiger partial charge in [-0.15, -0.1) is 0 Å². The van der Waals surface area contributed by atoms with E-state index < -0.39 is 6.83 Å². The fraction of sp³-hybridized carbons (Fsp3) is 0.250. The topological polar surface area (TPSA) is 9.23 Å². The number of hydrogen-bond donors (Lipinski definition) is 0. The van der Waals surface area contributed by atoms with Crippen LogP contribution in [0.4, 0.5) is 0 Å². The minimum atomic E-state index is -3.03. The van der Waals surface area contributed by atoms with E-state index in [-0.39, 0.29) is 0 Å². The van der Waals surface area contributed by atoms with Crippen LogP contribution in [-0.4, -0.2) is 12.8 Å². The summed E-state index contributed by atoms with van der Waals surface area (Å²) in [5, 5.41) is 4.06. The van der Waals surface area contributed by atoms with Crippen LogP contribution in [0.25, 0.3) is 0 Å². The summed E-state index contributed by atoms with van der Waals surface area (Å²) in [6, 6.07) is 33.0. The minimum absolute atomic E-state index is 0.526. The Kier molecular flexibility index (Phi) is 4.69. The van der Waals surface area contributed by atoms with Gasteiger partial charge in [-0.05, 0) is 0 Å². The molecule has 26 heavy (non-hydrogen) atoms. The quantitative estimate of drug-likeness (QED) is 0.579. The third-order valence-corrected chi connectivity index (χ3v) is 12.8. The zero-order valence-corrected chi connectivity index (χ0v) is 16.3. The first-order chi connectivity index (χ1) is 12.8. The standard InChI is InChI=1S/C24H27OP/c1-25-26(24-19-11-12-20-24,21-13-5-2-6-14-21,22-15-7-3-8-16-22)23-17-9-4-10-18-23/h2-10,13-18,24H,11-12,19-20H2,1H3. The average molecular weight is 362 g/mol. The molecule has 0 N–H and O–H groups in total. The van der Waals surface area contributed by atoms with Crippen LogP contribution in [0, 0.1) is 0 Å². The van der Waals surface area contributed by atoms with Gasteiger partial charge in [-0.3, -0.25) is 0 Å². The third-order valence-electron chi connectivity index (χ3n) is 6.21. The van der Waals surface area contributed by atoms with Crippen LogP contribution in [0.5, 0.6) is 0 Å². The van der Waals surface area contributed by atoms with E-state index in [9.17, 15) is 0 Å². The molecule has 0 spiro atoms. The SMILES string of the molecule is COP(c1ccccc1)(c1ccccc1)(c1ccccc1)C1CCCC1. The molecule has 1 saturated carbocycles. The van der Waals surface area contributed by atoms with Gasteiger partial charge in [0.2, 0.25) is 0 Å². The summed E-state index contributed by atoms with van der Waals surface area (Å²) in [7, 11) is 1.95. The molecule has 1 aliphatic rings. The van der Waals surface area contributed by atoms with Gasteiger partial charge in [0, 0.05) is 0 Å². The van der Waals surface area contributed by atoms with Gasteiger partial charge in [0.05, 0.1) is 0 Å². The van der Waals surface area contributed by atoms with E-state index in [0.29, 0.717) is 5.66 Å². The van der Waals surface area contributed by atoms with Gasteiger partial charge in [0.1, 0.15) is 0 Å². The Hall–Kier alpha value is -1.95. The van der Waals surface area contributed by atoms with Crippen LogP contribution >= 0.6 is 6.83 Å². The van der Waals surface area contributed by atoms with Crippen LogP contribution in [0.3, 0.4) is 0 Å². The van der Waals surface area contributed by atoms with Crippen molar-refractivity contribution in [3.05, 3.63) is 91.0 Å². The Morgan fingerprint density at radius 3 is 1.27 bits per heavy atom. The van der Waals surface area contributed by atoms with E-state index in [1.165, 1.54) is 41.6 Å². The molecule has 0 radical (unpaired) electrons. The second-order valence-electron chi connectivity index (χ2n) is 7.23. The summed E-state index contributed by atoms with van der Waals surface area (Å²) in [6.45, 7) is -3.03. The van der Waals surface area contributed by atoms with Crippen molar-refractivity contribution in [2.75, 3.05) is 7.11 Å². The van der Waals surface area contributed by atoms with Crippen molar-refractivity contribution in [1.29, 1.82) is 0 Å². The Morgan fingerprint density at radius 2 is 0.962 bits per heavy atom. The Balaban J connectivity index is 2.17. The van der Waals surface area contributed by atoms with Crippen molar-refractivity contribution >= 4 is 22.7 Å². The molecule has 0 heterocycles. The molecule has 3 aromatic rings. The maximum atomic E-state index is 6.90. The van der Waals surface area contributed by atoms with Crippen molar-refractivity contribution in [3.63, 3.8) is 0 Å². The average Bonchev–Trinajstić information content (AvgIpc) is 3.28. The third kappa shape index (κ3) is 2.31. The van der Waals surface area contributed by atoms with Crippen LogP contribution in [0.2, 0.25) is 0 Å². The predicted molar refractivity (Wildman–Crippen MR) is 114 cm³/mol. The predicted octanol–water partition coefficient (Wildman–Crippen LogP) is 5.02. The normalized spacial score (nSPS) is 16.9. The summed E-state index contributed by atoms with van der Waals surface area (Å²) in [5.41, 5.74) is 0.526. The molecule has 0 atom stereocenters. The molecule has 4 rings (SSSR count). The van der Waals surface area contributed by atoms with Crippen LogP contribution in [0.15, 0.2) is 91.0 Å². The summed E-state index contributed by atoms with van der Waals surface area (Å²) < 4.78 is 6.90. The number of rotatable bonds is 5. The molecule has 1 nitrogen and oxygen atoms in total. The molecule has 134 valence electrons. The zero-order valence-electron chi connectivity index (χ0n) is 15.4. The van der Waals surface area contributed by atoms with E-state index >= 15 is 0 Å². The Labute approximate surface area is 157 Å². The molecule has 0 unspecified atom stereocenters. The van der Waals surface area contributed by atoms with Crippen molar-refractivity contribution in [2.45, 2.75) is 31.3 Å². The Bertz CT molecular complexity index is 740. The molecular formula is C24H27OP. The fourth-order valence-electron chi connectivity index (χ4n) is 5.11. The molecule has 0 aliphatic heterocycles. The first-order valence-electron chi connectivity index (χ1n) is 9.57. The number of hydrogen-bond acceptors (Lipinski definition) is 1. The summed E-state index contributed by atoms with van der Waals surface area (Å²) in [4.78, 5) is 0. The molecule has 0 saturated heterocycles. The van der Waals surface area contributed by atoms with E-state index in [2.05, 4.69) is 91.0 Å². The molecular weight excluding hydrogens is 335 g/mol. The van der Waals surface area contributed by atoms with E-state index in [0.717, 1.165) is 0 Å². The molecule has 1 aliphatic carbocycles. The molecule has 0 amide bonds. The molecule has 1 fully saturated rings. The van der Waals surface area contributed by atoms with Crippen molar-refractivity contribution in [1.82, 2.24) is 0 Å². The molecule has 0 bridgehead atoms. The Morgan fingerprint density at radius 1 is 0.615 bits per heavy atom. The van der Waals surface area contributed by atoms with E-state index in [1.54, 1.807) is 0 Å². The van der Waals surface area contributed by atoms with E-state index in [4.69, 9.17) is 4.52 Å². The monoisotopic (exact) mass is 362 g/mol. The van der Waals surface area contributed by atoms with Gasteiger partial charge in [-0.1, -0.05) is 0 Å². The van der Waals surface area contributed by atoms with Crippen molar-refractivity contribution in [3.8, 4) is 0 Å². The zero-order chi connectivity index (χ0) is 17.9. The van der Waals surface area contributed by atoms with Gasteiger partial charge in [-0.2, -0.15) is 0 Å². The summed E-state index contributed by atoms with van der Waals surface area (Å²) >= 11 is 0.